The van der Waals surface area contributed by atoms with Crippen molar-refractivity contribution in [2.75, 3.05) is 51.6 Å². The minimum atomic E-state index is -0.219. The molecule has 0 saturated heterocycles. The average Bonchev–Trinajstić information content (AvgIpc) is 2.46. The maximum Gasteiger partial charge on any atom is 0.247 e. The zero-order valence-electron chi connectivity index (χ0n) is 13.3. The second-order valence-corrected chi connectivity index (χ2v) is 5.15. The lowest BCUT2D eigenvalue weighted by Crippen LogP contribution is -2.24. The minimum absolute atomic E-state index is 0.219. The Hall–Kier alpha value is -2.01. The van der Waals surface area contributed by atoms with Crippen molar-refractivity contribution in [3.63, 3.8) is 0 Å². The maximum atomic E-state index is 11.5. The Morgan fingerprint density at radius 1 is 1.33 bits per heavy atom. The van der Waals surface area contributed by atoms with Gasteiger partial charge in [-0.25, -0.2) is 0 Å². The van der Waals surface area contributed by atoms with Crippen molar-refractivity contribution < 1.29 is 9.53 Å². The van der Waals surface area contributed by atoms with Gasteiger partial charge in [-0.1, -0.05) is 6.58 Å². The van der Waals surface area contributed by atoms with Crippen LogP contribution in [0.4, 0.5) is 11.4 Å². The summed E-state index contributed by atoms with van der Waals surface area (Å²) in [5.41, 5.74) is 1.69. The monoisotopic (exact) mass is 291 g/mol. The molecule has 0 saturated carbocycles. The molecule has 0 unspecified atom stereocenters. The summed E-state index contributed by atoms with van der Waals surface area (Å²) >= 11 is 0. The fourth-order valence-electron chi connectivity index (χ4n) is 1.99. The number of carbonyl (C=O) groups excluding carboxylic acids is 1. The van der Waals surface area contributed by atoms with E-state index in [1.807, 2.05) is 25.2 Å². The lowest BCUT2D eigenvalue weighted by Gasteiger charge is -2.24. The van der Waals surface area contributed by atoms with Crippen molar-refractivity contribution in [2.24, 2.45) is 0 Å². The zero-order valence-corrected chi connectivity index (χ0v) is 13.3. The quantitative estimate of drug-likeness (QED) is 0.746. The number of hydrogen-bond donors (Lipinski definition) is 1. The van der Waals surface area contributed by atoms with Gasteiger partial charge in [-0.05, 0) is 45.3 Å². The van der Waals surface area contributed by atoms with Crippen molar-refractivity contribution in [2.45, 2.75) is 6.42 Å². The van der Waals surface area contributed by atoms with Crippen LogP contribution in [0.25, 0.3) is 0 Å². The molecule has 5 heteroatoms. The van der Waals surface area contributed by atoms with E-state index in [9.17, 15) is 4.79 Å². The molecule has 0 aliphatic rings. The highest BCUT2D eigenvalue weighted by Crippen LogP contribution is 2.30. The molecule has 0 fully saturated rings. The van der Waals surface area contributed by atoms with Crippen molar-refractivity contribution in [3.8, 4) is 5.75 Å². The summed E-state index contributed by atoms with van der Waals surface area (Å²) in [6.07, 6.45) is 2.30. The Labute approximate surface area is 127 Å². The van der Waals surface area contributed by atoms with Gasteiger partial charge in [-0.2, -0.15) is 0 Å². The van der Waals surface area contributed by atoms with E-state index in [0.29, 0.717) is 0 Å². The van der Waals surface area contributed by atoms with Gasteiger partial charge in [-0.3, -0.25) is 4.79 Å². The van der Waals surface area contributed by atoms with E-state index < -0.39 is 0 Å². The predicted octanol–water partition coefficient (Wildman–Crippen LogP) is 2.21. The van der Waals surface area contributed by atoms with E-state index in [-0.39, 0.29) is 5.91 Å². The fourth-order valence-corrected chi connectivity index (χ4v) is 1.99. The molecule has 21 heavy (non-hydrogen) atoms. The highest BCUT2D eigenvalue weighted by atomic mass is 16.5. The molecule has 1 rings (SSSR count). The Morgan fingerprint density at radius 3 is 2.62 bits per heavy atom. The molecule has 0 radical (unpaired) electrons. The second-order valence-electron chi connectivity index (χ2n) is 5.15. The van der Waals surface area contributed by atoms with Gasteiger partial charge in [-0.15, -0.1) is 0 Å². The van der Waals surface area contributed by atoms with Crippen molar-refractivity contribution >= 4 is 17.3 Å². The number of anilines is 2. The molecule has 5 nitrogen and oxygen atoms in total. The number of hydrogen-bond acceptors (Lipinski definition) is 4. The first-order valence-electron chi connectivity index (χ1n) is 6.95. The normalized spacial score (nSPS) is 10.3. The Bertz CT molecular complexity index is 486. The molecule has 1 aromatic carbocycles. The van der Waals surface area contributed by atoms with Crippen LogP contribution in [0.15, 0.2) is 30.9 Å². The standard InChI is InChI=1S/C16H25N3O2/c1-6-16(20)17-14-9-8-13(21-5)12-15(14)19(4)11-7-10-18(2)3/h6,8-9,12H,1,7,10-11H2,2-5H3,(H,17,20). The SMILES string of the molecule is C=CC(=O)Nc1ccc(OC)cc1N(C)CCCN(C)C. The lowest BCUT2D eigenvalue weighted by atomic mass is 10.2. The first kappa shape index (κ1) is 17.0. The van der Waals surface area contributed by atoms with Crippen LogP contribution in [0.1, 0.15) is 6.42 Å². The number of rotatable bonds is 8. The van der Waals surface area contributed by atoms with Crippen LogP contribution in [-0.4, -0.2) is 52.1 Å². The highest BCUT2D eigenvalue weighted by Gasteiger charge is 2.11. The summed E-state index contributed by atoms with van der Waals surface area (Å²) in [5, 5.41) is 2.83. The third-order valence-electron chi connectivity index (χ3n) is 3.16. The van der Waals surface area contributed by atoms with Gasteiger partial charge >= 0.3 is 0 Å². The van der Waals surface area contributed by atoms with Crippen LogP contribution in [0.5, 0.6) is 5.75 Å². The molecule has 1 amide bonds. The number of nitrogens with one attached hydrogen (secondary N) is 1. The first-order valence-corrected chi connectivity index (χ1v) is 6.95. The molecule has 0 aliphatic heterocycles. The lowest BCUT2D eigenvalue weighted by molar-refractivity contribution is -0.111. The van der Waals surface area contributed by atoms with E-state index >= 15 is 0 Å². The second kappa shape index (κ2) is 8.32. The Kier molecular flexibility index (Phi) is 6.75. The van der Waals surface area contributed by atoms with E-state index in [2.05, 4.69) is 35.8 Å². The number of carbonyl (C=O) groups is 1. The van der Waals surface area contributed by atoms with Crippen molar-refractivity contribution in [3.05, 3.63) is 30.9 Å². The van der Waals surface area contributed by atoms with Crippen LogP contribution in [0.2, 0.25) is 0 Å². The van der Waals surface area contributed by atoms with Gasteiger partial charge in [0.15, 0.2) is 0 Å². The third kappa shape index (κ3) is 5.47. The molecule has 0 atom stereocenters. The molecular formula is C16H25N3O2. The molecular weight excluding hydrogens is 266 g/mol. The van der Waals surface area contributed by atoms with Crippen LogP contribution < -0.4 is 15.0 Å². The predicted molar refractivity (Wildman–Crippen MR) is 88.3 cm³/mol. The number of amides is 1. The number of benzene rings is 1. The molecule has 0 aromatic heterocycles. The van der Waals surface area contributed by atoms with Gasteiger partial charge in [0.05, 0.1) is 18.5 Å². The van der Waals surface area contributed by atoms with Crippen molar-refractivity contribution in [1.29, 1.82) is 0 Å². The van der Waals surface area contributed by atoms with Gasteiger partial charge in [0.25, 0.3) is 0 Å². The molecule has 1 N–H and O–H groups in total. The van der Waals surface area contributed by atoms with Crippen molar-refractivity contribution in [1.82, 2.24) is 4.90 Å². The zero-order chi connectivity index (χ0) is 15.8. The van der Waals surface area contributed by atoms with E-state index in [0.717, 1.165) is 36.6 Å². The largest absolute Gasteiger partial charge is 0.497 e. The summed E-state index contributed by atoms with van der Waals surface area (Å²) < 4.78 is 5.27. The van der Waals surface area contributed by atoms with E-state index in [1.165, 1.54) is 6.08 Å². The molecule has 116 valence electrons. The Balaban J connectivity index is 2.88. The topological polar surface area (TPSA) is 44.8 Å². The van der Waals surface area contributed by atoms with Crippen LogP contribution in [-0.2, 0) is 4.79 Å². The molecule has 0 bridgehead atoms. The number of methoxy groups -OCH3 is 1. The first-order chi connectivity index (χ1) is 9.97. The highest BCUT2D eigenvalue weighted by molar-refractivity contribution is 6.01. The van der Waals surface area contributed by atoms with Gasteiger partial charge < -0.3 is 19.9 Å². The average molecular weight is 291 g/mol. The van der Waals surface area contributed by atoms with Gasteiger partial charge in [0.1, 0.15) is 5.75 Å². The van der Waals surface area contributed by atoms with E-state index in [1.54, 1.807) is 7.11 Å². The number of nitrogens with zero attached hydrogens (tertiary/aromatic N) is 2. The summed E-state index contributed by atoms with van der Waals surface area (Å²) in [7, 11) is 7.75. The Morgan fingerprint density at radius 2 is 2.05 bits per heavy atom. The minimum Gasteiger partial charge on any atom is -0.497 e. The van der Waals surface area contributed by atoms with Crippen LogP contribution in [0.3, 0.4) is 0 Å². The summed E-state index contributed by atoms with van der Waals surface area (Å²) in [6, 6.07) is 5.60. The molecule has 0 aliphatic carbocycles. The molecule has 0 spiro atoms. The molecule has 0 heterocycles. The fraction of sp³-hybridized carbons (Fsp3) is 0.438. The smallest absolute Gasteiger partial charge is 0.247 e. The van der Waals surface area contributed by atoms with Gasteiger partial charge in [0.2, 0.25) is 5.91 Å². The van der Waals surface area contributed by atoms with Gasteiger partial charge in [0, 0.05) is 19.7 Å². The molecule has 1 aromatic rings. The van der Waals surface area contributed by atoms with Crippen LogP contribution in [0, 0.1) is 0 Å². The number of ether oxygens (including phenoxy) is 1. The summed E-state index contributed by atoms with van der Waals surface area (Å²) in [6.45, 7) is 5.39. The van der Waals surface area contributed by atoms with Crippen LogP contribution >= 0.6 is 0 Å². The van der Waals surface area contributed by atoms with E-state index in [4.69, 9.17) is 4.74 Å². The summed E-state index contributed by atoms with van der Waals surface area (Å²) in [5.74, 6) is 0.546. The third-order valence-corrected chi connectivity index (χ3v) is 3.16. The summed E-state index contributed by atoms with van der Waals surface area (Å²) in [4.78, 5) is 15.8. The maximum absolute atomic E-state index is 11.5.